The fourth-order valence-electron chi connectivity index (χ4n) is 4.55. The Morgan fingerprint density at radius 3 is 1.91 bits per heavy atom. The maximum atomic E-state index is 10.9. The first-order valence-corrected chi connectivity index (χ1v) is 14.0. The SMILES string of the molecule is Nc1ccc(O)c(N)c1.Nc1ccc2oc(-c3cccc4c(Cl)cccc34)nc2c1.O=C(O)c1cccc2c(Cl)cccc12. The topological polar surface area (TPSA) is 162 Å². The maximum Gasteiger partial charge on any atom is 0.336 e. The molecule has 0 aliphatic heterocycles. The van der Waals surface area contributed by atoms with Gasteiger partial charge in [-0.1, -0.05) is 71.7 Å². The Bertz CT molecular complexity index is 2150. The number of anilines is 3. The number of phenols is 1. The number of aromatic carboxylic acids is 1. The number of carboxylic acid groups (broad SMARTS) is 1. The predicted molar refractivity (Wildman–Crippen MR) is 179 cm³/mol. The molecule has 8 N–H and O–H groups in total. The van der Waals surface area contributed by atoms with Crippen LogP contribution in [0.4, 0.5) is 17.1 Å². The Kier molecular flexibility index (Phi) is 8.76. The third-order valence-corrected chi connectivity index (χ3v) is 7.32. The molecule has 0 fully saturated rings. The minimum absolute atomic E-state index is 0.0733. The van der Waals surface area contributed by atoms with Crippen molar-refractivity contribution in [1.29, 1.82) is 0 Å². The van der Waals surface area contributed by atoms with Gasteiger partial charge < -0.3 is 31.8 Å². The van der Waals surface area contributed by atoms with Crippen LogP contribution in [0.15, 0.2) is 114 Å². The zero-order valence-electron chi connectivity index (χ0n) is 23.0. The van der Waals surface area contributed by atoms with Crippen LogP contribution < -0.4 is 17.2 Å². The summed E-state index contributed by atoms with van der Waals surface area (Å²) in [6, 6.07) is 32.1. The van der Waals surface area contributed by atoms with Crippen LogP contribution in [0.25, 0.3) is 44.1 Å². The number of rotatable bonds is 2. The van der Waals surface area contributed by atoms with Crippen molar-refractivity contribution in [1.82, 2.24) is 4.98 Å². The molecule has 0 spiro atoms. The minimum Gasteiger partial charge on any atom is -0.506 e. The van der Waals surface area contributed by atoms with Gasteiger partial charge in [-0.3, -0.25) is 0 Å². The monoisotopic (exact) mass is 624 g/mol. The summed E-state index contributed by atoms with van der Waals surface area (Å²) in [4.78, 5) is 15.4. The van der Waals surface area contributed by atoms with Crippen LogP contribution in [0.1, 0.15) is 10.4 Å². The fraction of sp³-hybridized carbons (Fsp3) is 0. The highest BCUT2D eigenvalue weighted by molar-refractivity contribution is 6.36. The first kappa shape index (κ1) is 30.0. The summed E-state index contributed by atoms with van der Waals surface area (Å²) in [6.45, 7) is 0. The van der Waals surface area contributed by atoms with E-state index in [4.69, 9.17) is 55.0 Å². The second kappa shape index (κ2) is 12.8. The number of carbonyl (C=O) groups is 1. The molecule has 10 heteroatoms. The fourth-order valence-corrected chi connectivity index (χ4v) is 5.02. The van der Waals surface area contributed by atoms with Gasteiger partial charge in [-0.15, -0.1) is 0 Å². The number of carboxylic acids is 1. The van der Waals surface area contributed by atoms with Crippen molar-refractivity contribution in [3.63, 3.8) is 0 Å². The second-order valence-corrected chi connectivity index (χ2v) is 10.5. The summed E-state index contributed by atoms with van der Waals surface area (Å²) >= 11 is 12.2. The number of nitrogens with zero attached hydrogens (tertiary/aromatic N) is 1. The van der Waals surface area contributed by atoms with Crippen molar-refractivity contribution in [2.24, 2.45) is 0 Å². The molecule has 0 atom stereocenters. The van der Waals surface area contributed by atoms with Gasteiger partial charge in [0.05, 0.1) is 11.3 Å². The molecule has 0 saturated carbocycles. The van der Waals surface area contributed by atoms with E-state index in [1.165, 1.54) is 12.1 Å². The van der Waals surface area contributed by atoms with Crippen LogP contribution >= 0.6 is 23.2 Å². The Labute approximate surface area is 261 Å². The summed E-state index contributed by atoms with van der Waals surface area (Å²) < 4.78 is 5.85. The molecule has 0 bridgehead atoms. The predicted octanol–water partition coefficient (Wildman–Crippen LogP) is 8.63. The van der Waals surface area contributed by atoms with E-state index in [1.807, 2.05) is 48.5 Å². The van der Waals surface area contributed by atoms with E-state index in [0.717, 1.165) is 37.8 Å². The molecule has 6 aromatic carbocycles. The molecular weight excluding hydrogens is 599 g/mol. The quantitative estimate of drug-likeness (QED) is 0.0724. The number of halogens is 2. The lowest BCUT2D eigenvalue weighted by molar-refractivity contribution is 0.0699. The lowest BCUT2D eigenvalue weighted by atomic mass is 10.0. The van der Waals surface area contributed by atoms with Crippen LogP contribution in [0.5, 0.6) is 5.75 Å². The normalized spacial score (nSPS) is 10.6. The number of benzene rings is 6. The number of nitrogen functional groups attached to an aromatic ring is 3. The molecule has 0 saturated heterocycles. The van der Waals surface area contributed by atoms with E-state index in [2.05, 4.69) is 4.98 Å². The summed E-state index contributed by atoms with van der Waals surface area (Å²) in [5, 5.41) is 22.5. The molecule has 8 nitrogen and oxygen atoms in total. The van der Waals surface area contributed by atoms with Crippen LogP contribution in [0, 0.1) is 0 Å². The van der Waals surface area contributed by atoms with E-state index in [9.17, 15) is 4.79 Å². The highest BCUT2D eigenvalue weighted by Gasteiger charge is 2.12. The summed E-state index contributed by atoms with van der Waals surface area (Å²) in [5.74, 6) is -0.287. The number of phenolic OH excluding ortho intramolecular Hbond substituents is 1. The second-order valence-electron chi connectivity index (χ2n) is 9.65. The zero-order valence-corrected chi connectivity index (χ0v) is 24.6. The molecule has 0 aliphatic rings. The Morgan fingerprint density at radius 2 is 1.25 bits per heavy atom. The number of hydrogen-bond acceptors (Lipinski definition) is 7. The standard InChI is InChI=1S/C17H11ClN2O.C11H7ClO2.C6H8N2O/c18-14-6-2-3-11-12(14)4-1-5-13(11)17-20-15-9-10(19)7-8-16(15)21-17;12-10-6-2-3-7-8(10)4-1-5-9(7)11(13)14;7-4-1-2-6(9)5(8)3-4/h1-9H,19H2;1-6H,(H,13,14);1-3,9H,7-8H2. The highest BCUT2D eigenvalue weighted by atomic mass is 35.5. The van der Waals surface area contributed by atoms with Crippen LogP contribution in [0.3, 0.4) is 0 Å². The zero-order chi connectivity index (χ0) is 31.4. The largest absolute Gasteiger partial charge is 0.506 e. The van der Waals surface area contributed by atoms with Gasteiger partial charge >= 0.3 is 5.97 Å². The molecule has 0 aliphatic carbocycles. The van der Waals surface area contributed by atoms with Gasteiger partial charge in [-0.25, -0.2) is 9.78 Å². The highest BCUT2D eigenvalue weighted by Crippen LogP contribution is 2.34. The Hall–Kier alpha value is -5.44. The lowest BCUT2D eigenvalue weighted by Gasteiger charge is -2.04. The molecule has 1 aromatic heterocycles. The first-order valence-electron chi connectivity index (χ1n) is 13.2. The van der Waals surface area contributed by atoms with Crippen molar-refractivity contribution in [2.75, 3.05) is 17.2 Å². The molecule has 7 rings (SSSR count). The molecule has 0 amide bonds. The van der Waals surface area contributed by atoms with Gasteiger partial charge in [0.1, 0.15) is 11.3 Å². The van der Waals surface area contributed by atoms with Crippen molar-refractivity contribution in [3.05, 3.63) is 125 Å². The Balaban J connectivity index is 0.000000144. The third kappa shape index (κ3) is 6.47. The number of hydrogen-bond donors (Lipinski definition) is 5. The van der Waals surface area contributed by atoms with Crippen LogP contribution in [-0.2, 0) is 0 Å². The molecule has 220 valence electrons. The van der Waals surface area contributed by atoms with Gasteiger partial charge in [0.2, 0.25) is 5.89 Å². The lowest BCUT2D eigenvalue weighted by Crippen LogP contribution is -1.96. The first-order chi connectivity index (χ1) is 21.1. The molecule has 0 unspecified atom stereocenters. The van der Waals surface area contributed by atoms with E-state index >= 15 is 0 Å². The van der Waals surface area contributed by atoms with E-state index < -0.39 is 5.97 Å². The van der Waals surface area contributed by atoms with Crippen molar-refractivity contribution < 1.29 is 19.4 Å². The molecule has 0 radical (unpaired) electrons. The van der Waals surface area contributed by atoms with E-state index in [-0.39, 0.29) is 11.3 Å². The molecule has 44 heavy (non-hydrogen) atoms. The van der Waals surface area contributed by atoms with Crippen molar-refractivity contribution in [2.45, 2.75) is 0 Å². The number of nitrogens with two attached hydrogens (primary N) is 3. The molecular formula is C34H26Cl2N4O4. The van der Waals surface area contributed by atoms with Crippen molar-refractivity contribution >= 4 is 78.9 Å². The molecule has 1 heterocycles. The third-order valence-electron chi connectivity index (χ3n) is 6.66. The van der Waals surface area contributed by atoms with E-state index in [0.29, 0.717) is 33.4 Å². The number of oxazole rings is 1. The smallest absolute Gasteiger partial charge is 0.336 e. The average Bonchev–Trinajstić information content (AvgIpc) is 3.43. The number of aromatic nitrogens is 1. The van der Waals surface area contributed by atoms with E-state index in [1.54, 1.807) is 48.5 Å². The van der Waals surface area contributed by atoms with Crippen LogP contribution in [-0.4, -0.2) is 21.2 Å². The summed E-state index contributed by atoms with van der Waals surface area (Å²) in [7, 11) is 0. The average molecular weight is 626 g/mol. The minimum atomic E-state index is -0.933. The van der Waals surface area contributed by atoms with Crippen LogP contribution in [0.2, 0.25) is 10.0 Å². The summed E-state index contributed by atoms with van der Waals surface area (Å²) in [6.07, 6.45) is 0. The molecule has 7 aromatic rings. The van der Waals surface area contributed by atoms with Crippen molar-refractivity contribution in [3.8, 4) is 17.2 Å². The number of fused-ring (bicyclic) bond motifs is 3. The number of aromatic hydroxyl groups is 1. The van der Waals surface area contributed by atoms with Gasteiger partial charge in [-0.05, 0) is 71.4 Å². The Morgan fingerprint density at radius 1 is 0.682 bits per heavy atom. The van der Waals surface area contributed by atoms with Gasteiger partial charge in [0, 0.05) is 37.8 Å². The van der Waals surface area contributed by atoms with Gasteiger partial charge in [0.15, 0.2) is 5.58 Å². The maximum absolute atomic E-state index is 10.9. The van der Waals surface area contributed by atoms with Gasteiger partial charge in [-0.2, -0.15) is 0 Å². The van der Waals surface area contributed by atoms with Gasteiger partial charge in [0.25, 0.3) is 0 Å². The summed E-state index contributed by atoms with van der Waals surface area (Å²) in [5.41, 5.74) is 20.6.